The molecule has 1 atom stereocenters. The Labute approximate surface area is 109 Å². The molecule has 0 spiro atoms. The van der Waals surface area contributed by atoms with Crippen LogP contribution in [0.3, 0.4) is 0 Å². The molecule has 17 heavy (non-hydrogen) atoms. The highest BCUT2D eigenvalue weighted by Crippen LogP contribution is 2.17. The fourth-order valence-corrected chi connectivity index (χ4v) is 1.30. The lowest BCUT2D eigenvalue weighted by molar-refractivity contribution is 0.0709. The fraction of sp³-hybridized carbons (Fsp3) is 0.500. The van der Waals surface area contributed by atoms with E-state index in [0.717, 1.165) is 0 Å². The van der Waals surface area contributed by atoms with Crippen LogP contribution >= 0.6 is 23.2 Å². The summed E-state index contributed by atoms with van der Waals surface area (Å²) in [6, 6.07) is 1.32. The Morgan fingerprint density at radius 2 is 2.06 bits per heavy atom. The van der Waals surface area contributed by atoms with Crippen molar-refractivity contribution >= 4 is 29.1 Å². The van der Waals surface area contributed by atoms with Crippen molar-refractivity contribution in [1.82, 2.24) is 15.5 Å². The first-order valence-electron chi connectivity index (χ1n) is 4.93. The van der Waals surface area contributed by atoms with E-state index in [1.807, 2.05) is 0 Å². The van der Waals surface area contributed by atoms with Gasteiger partial charge in [-0.15, -0.1) is 10.2 Å². The minimum atomic E-state index is -0.782. The summed E-state index contributed by atoms with van der Waals surface area (Å²) in [6.07, 6.45) is -0.713. The Morgan fingerprint density at radius 1 is 1.47 bits per heavy atom. The average molecular weight is 278 g/mol. The van der Waals surface area contributed by atoms with E-state index < -0.39 is 17.6 Å². The highest BCUT2D eigenvalue weighted by atomic mass is 35.5. The van der Waals surface area contributed by atoms with Gasteiger partial charge in [-0.2, -0.15) is 0 Å². The van der Waals surface area contributed by atoms with E-state index in [2.05, 4.69) is 15.5 Å². The number of aromatic nitrogens is 2. The lowest BCUT2D eigenvalue weighted by Gasteiger charge is -2.29. The molecule has 5 nitrogen and oxygen atoms in total. The molecular formula is C10H13Cl2N3O2. The third-order valence-electron chi connectivity index (χ3n) is 2.44. The Kier molecular flexibility index (Phi) is 4.30. The van der Waals surface area contributed by atoms with E-state index in [4.69, 9.17) is 23.2 Å². The molecule has 0 radical (unpaired) electrons. The first-order chi connectivity index (χ1) is 7.74. The molecule has 1 aromatic heterocycles. The zero-order valence-electron chi connectivity index (χ0n) is 9.66. The van der Waals surface area contributed by atoms with E-state index in [9.17, 15) is 9.90 Å². The highest BCUT2D eigenvalue weighted by molar-refractivity contribution is 6.34. The minimum absolute atomic E-state index is 0.0340. The van der Waals surface area contributed by atoms with Gasteiger partial charge >= 0.3 is 0 Å². The monoisotopic (exact) mass is 277 g/mol. The molecule has 1 unspecified atom stereocenters. The predicted molar refractivity (Wildman–Crippen MR) is 65.3 cm³/mol. The van der Waals surface area contributed by atoms with E-state index in [0.29, 0.717) is 0 Å². The second kappa shape index (κ2) is 5.16. The third kappa shape index (κ3) is 3.52. The zero-order chi connectivity index (χ0) is 13.2. The summed E-state index contributed by atoms with van der Waals surface area (Å²) in [5, 5.41) is 19.2. The van der Waals surface area contributed by atoms with Gasteiger partial charge in [0.25, 0.3) is 5.91 Å². The molecule has 0 bridgehead atoms. The molecule has 2 N–H and O–H groups in total. The van der Waals surface area contributed by atoms with Crippen molar-refractivity contribution in [2.75, 3.05) is 0 Å². The number of rotatable bonds is 3. The topological polar surface area (TPSA) is 75.1 Å². The van der Waals surface area contributed by atoms with Crippen molar-refractivity contribution in [3.05, 3.63) is 21.9 Å². The number of halogens is 2. The number of nitrogens with zero attached hydrogens (tertiary/aromatic N) is 2. The number of amides is 1. The average Bonchev–Trinajstić information content (AvgIpc) is 2.20. The number of aliphatic hydroxyl groups excluding tert-OH is 1. The van der Waals surface area contributed by atoms with Gasteiger partial charge in [-0.1, -0.05) is 23.2 Å². The summed E-state index contributed by atoms with van der Waals surface area (Å²) < 4.78 is 0. The summed E-state index contributed by atoms with van der Waals surface area (Å²) in [7, 11) is 0. The van der Waals surface area contributed by atoms with Crippen LogP contribution in [0.1, 0.15) is 31.1 Å². The normalized spacial score (nSPS) is 13.3. The van der Waals surface area contributed by atoms with Crippen LogP contribution in [0.25, 0.3) is 0 Å². The van der Waals surface area contributed by atoms with Crippen LogP contribution in [-0.4, -0.2) is 32.9 Å². The molecule has 0 saturated heterocycles. The number of hydrogen-bond acceptors (Lipinski definition) is 4. The standard InChI is InChI=1S/C10H13Cl2N3O2/c1-5(16)10(2,3)13-9(17)6-4-7(11)14-15-8(6)12/h4-5,16H,1-3H3,(H,13,17). The Bertz CT molecular complexity index is 436. The van der Waals surface area contributed by atoms with Crippen LogP contribution in [0.5, 0.6) is 0 Å². The van der Waals surface area contributed by atoms with Gasteiger partial charge in [-0.3, -0.25) is 4.79 Å². The third-order valence-corrected chi connectivity index (χ3v) is 2.91. The molecule has 0 fully saturated rings. The number of hydrogen-bond donors (Lipinski definition) is 2. The molecule has 7 heteroatoms. The minimum Gasteiger partial charge on any atom is -0.391 e. The second-order valence-corrected chi connectivity index (χ2v) is 4.97. The predicted octanol–water partition coefficient (Wildman–Crippen LogP) is 1.67. The molecule has 1 aromatic rings. The molecule has 0 aliphatic heterocycles. The molecule has 94 valence electrons. The molecule has 1 rings (SSSR count). The Morgan fingerprint density at radius 3 is 2.59 bits per heavy atom. The summed E-state index contributed by atoms with van der Waals surface area (Å²) in [5.41, 5.74) is -0.656. The van der Waals surface area contributed by atoms with Crippen molar-refractivity contribution in [3.63, 3.8) is 0 Å². The molecule has 0 aliphatic carbocycles. The van der Waals surface area contributed by atoms with Crippen LogP contribution in [0.2, 0.25) is 10.3 Å². The lowest BCUT2D eigenvalue weighted by atomic mass is 9.98. The van der Waals surface area contributed by atoms with E-state index >= 15 is 0 Å². The second-order valence-electron chi connectivity index (χ2n) is 4.22. The van der Waals surface area contributed by atoms with Crippen LogP contribution in [0.4, 0.5) is 0 Å². The maximum absolute atomic E-state index is 11.9. The fourth-order valence-electron chi connectivity index (χ4n) is 0.977. The van der Waals surface area contributed by atoms with Crippen LogP contribution in [0.15, 0.2) is 6.07 Å². The number of carbonyl (C=O) groups is 1. The van der Waals surface area contributed by atoms with E-state index in [1.165, 1.54) is 6.07 Å². The zero-order valence-corrected chi connectivity index (χ0v) is 11.2. The summed E-state index contributed by atoms with van der Waals surface area (Å²) in [5.74, 6) is -0.460. The quantitative estimate of drug-likeness (QED) is 0.882. The number of nitrogens with one attached hydrogen (secondary N) is 1. The van der Waals surface area contributed by atoms with Gasteiger partial charge < -0.3 is 10.4 Å². The molecule has 0 aliphatic rings. The largest absolute Gasteiger partial charge is 0.391 e. The van der Waals surface area contributed by atoms with E-state index in [-0.39, 0.29) is 15.9 Å². The van der Waals surface area contributed by atoms with Crippen molar-refractivity contribution in [2.24, 2.45) is 0 Å². The SMILES string of the molecule is CC(O)C(C)(C)NC(=O)c1cc(Cl)nnc1Cl. The van der Waals surface area contributed by atoms with Crippen molar-refractivity contribution in [3.8, 4) is 0 Å². The molecule has 0 aromatic carbocycles. The van der Waals surface area contributed by atoms with Gasteiger partial charge in [0.1, 0.15) is 0 Å². The smallest absolute Gasteiger partial charge is 0.255 e. The molecule has 1 heterocycles. The van der Waals surface area contributed by atoms with Gasteiger partial charge in [0, 0.05) is 0 Å². The van der Waals surface area contributed by atoms with Gasteiger partial charge in [-0.25, -0.2) is 0 Å². The maximum atomic E-state index is 11.9. The maximum Gasteiger partial charge on any atom is 0.255 e. The lowest BCUT2D eigenvalue weighted by Crippen LogP contribution is -2.51. The Hall–Kier alpha value is -0.910. The molecule has 0 saturated carbocycles. The first kappa shape index (κ1) is 14.2. The Balaban J connectivity index is 2.94. The van der Waals surface area contributed by atoms with Crippen molar-refractivity contribution < 1.29 is 9.90 Å². The van der Waals surface area contributed by atoms with Crippen LogP contribution in [-0.2, 0) is 0 Å². The molecule has 1 amide bonds. The number of aliphatic hydroxyl groups is 1. The van der Waals surface area contributed by atoms with Crippen LogP contribution in [0, 0.1) is 0 Å². The van der Waals surface area contributed by atoms with Gasteiger partial charge in [-0.05, 0) is 26.8 Å². The van der Waals surface area contributed by atoms with Gasteiger partial charge in [0.05, 0.1) is 17.2 Å². The van der Waals surface area contributed by atoms with Crippen LogP contribution < -0.4 is 5.32 Å². The summed E-state index contributed by atoms with van der Waals surface area (Å²) in [6.45, 7) is 4.97. The summed E-state index contributed by atoms with van der Waals surface area (Å²) >= 11 is 11.4. The summed E-state index contributed by atoms with van der Waals surface area (Å²) in [4.78, 5) is 11.9. The number of carbonyl (C=O) groups excluding carboxylic acids is 1. The first-order valence-corrected chi connectivity index (χ1v) is 5.69. The van der Waals surface area contributed by atoms with Gasteiger partial charge in [0.15, 0.2) is 10.3 Å². The molecular weight excluding hydrogens is 265 g/mol. The van der Waals surface area contributed by atoms with E-state index in [1.54, 1.807) is 20.8 Å². The van der Waals surface area contributed by atoms with Crippen molar-refractivity contribution in [2.45, 2.75) is 32.4 Å². The van der Waals surface area contributed by atoms with Crippen molar-refractivity contribution in [1.29, 1.82) is 0 Å². The van der Waals surface area contributed by atoms with Gasteiger partial charge in [0.2, 0.25) is 0 Å². The highest BCUT2D eigenvalue weighted by Gasteiger charge is 2.27.